The first-order chi connectivity index (χ1) is 26.4. The van der Waals surface area contributed by atoms with Gasteiger partial charge >= 0.3 is 5.97 Å². The van der Waals surface area contributed by atoms with Gasteiger partial charge in [0.25, 0.3) is 0 Å². The maximum Gasteiger partial charge on any atom is 0.305 e. The van der Waals surface area contributed by atoms with Crippen molar-refractivity contribution in [3.63, 3.8) is 0 Å². The predicted octanol–water partition coefficient (Wildman–Crippen LogP) is -1.58. The number of nitrogens with one attached hydrogen (secondary N) is 7. The number of hydrogen-bond donors (Lipinski definition) is 11. The quantitative estimate of drug-likeness (QED) is 0.0577. The van der Waals surface area contributed by atoms with E-state index in [1.165, 1.54) is 0 Å². The second-order valence-electron chi connectivity index (χ2n) is 14.4. The molecule has 0 spiro atoms. The zero-order valence-corrected chi connectivity index (χ0v) is 32.5. The number of aromatic nitrogens is 1. The third kappa shape index (κ3) is 14.9. The summed E-state index contributed by atoms with van der Waals surface area (Å²) in [5, 5.41) is 34.4. The molecule has 13 N–H and O–H groups in total. The Labute approximate surface area is 325 Å². The smallest absolute Gasteiger partial charge is 0.305 e. The average Bonchev–Trinajstić information content (AvgIpc) is 3.54. The Balaban J connectivity index is 2.26. The van der Waals surface area contributed by atoms with E-state index in [9.17, 15) is 48.6 Å². The van der Waals surface area contributed by atoms with Gasteiger partial charge in [0.15, 0.2) is 0 Å². The van der Waals surface area contributed by atoms with Crippen molar-refractivity contribution in [2.45, 2.75) is 109 Å². The summed E-state index contributed by atoms with van der Waals surface area (Å²) in [6, 6.07) is -0.569. The molecule has 19 heteroatoms. The van der Waals surface area contributed by atoms with Gasteiger partial charge in [-0.1, -0.05) is 65.7 Å². The van der Waals surface area contributed by atoms with Crippen LogP contribution in [-0.2, 0) is 44.8 Å². The molecule has 1 aromatic carbocycles. The van der Waals surface area contributed by atoms with Crippen molar-refractivity contribution < 1.29 is 48.6 Å². The minimum Gasteiger partial charge on any atom is -0.481 e. The fraction of sp³-hybridized carbons (Fsp3) is 0.568. The van der Waals surface area contributed by atoms with E-state index < -0.39 is 109 Å². The van der Waals surface area contributed by atoms with Crippen LogP contribution in [-0.4, -0.2) is 112 Å². The molecular formula is C37H57N9O10. The summed E-state index contributed by atoms with van der Waals surface area (Å²) in [4.78, 5) is 106. The van der Waals surface area contributed by atoms with Crippen molar-refractivity contribution in [1.82, 2.24) is 36.9 Å². The highest BCUT2D eigenvalue weighted by atomic mass is 16.4. The van der Waals surface area contributed by atoms with E-state index in [0.717, 1.165) is 17.3 Å². The van der Waals surface area contributed by atoms with E-state index in [1.54, 1.807) is 44.3 Å². The lowest BCUT2D eigenvalue weighted by molar-refractivity contribution is -0.141. The Kier molecular flexibility index (Phi) is 18.9. The Hall–Kier alpha value is -5.56. The van der Waals surface area contributed by atoms with Gasteiger partial charge in [-0.25, -0.2) is 0 Å². The number of rotatable bonds is 24. The number of para-hydroxylation sites is 1. The number of hydrogen-bond acceptors (Lipinski definition) is 10. The Morgan fingerprint density at radius 3 is 1.98 bits per heavy atom. The molecule has 0 saturated carbocycles. The first kappa shape index (κ1) is 46.6. The van der Waals surface area contributed by atoms with Gasteiger partial charge in [0, 0.05) is 23.5 Å². The van der Waals surface area contributed by atoms with Gasteiger partial charge in [-0.2, -0.15) is 0 Å². The van der Waals surface area contributed by atoms with Crippen molar-refractivity contribution >= 4 is 58.2 Å². The summed E-state index contributed by atoms with van der Waals surface area (Å²) in [7, 11) is 0. The highest BCUT2D eigenvalue weighted by molar-refractivity contribution is 5.97. The van der Waals surface area contributed by atoms with Crippen LogP contribution in [0.15, 0.2) is 30.5 Å². The number of aromatic amines is 1. The first-order valence-corrected chi connectivity index (χ1v) is 18.6. The second-order valence-corrected chi connectivity index (χ2v) is 14.4. The number of carboxylic acids is 1. The van der Waals surface area contributed by atoms with E-state index in [1.807, 2.05) is 20.8 Å². The number of benzene rings is 1. The number of aliphatic hydroxyl groups excluding tert-OH is 1. The van der Waals surface area contributed by atoms with Gasteiger partial charge in [-0.15, -0.1) is 0 Å². The third-order valence-corrected chi connectivity index (χ3v) is 8.81. The molecule has 0 saturated heterocycles. The highest BCUT2D eigenvalue weighted by Crippen LogP contribution is 2.20. The van der Waals surface area contributed by atoms with Crippen LogP contribution < -0.4 is 43.4 Å². The van der Waals surface area contributed by atoms with Gasteiger partial charge in [0.2, 0.25) is 41.4 Å². The van der Waals surface area contributed by atoms with E-state index in [0.29, 0.717) is 18.4 Å². The lowest BCUT2D eigenvalue weighted by Gasteiger charge is -2.27. The summed E-state index contributed by atoms with van der Waals surface area (Å²) in [5.74, 6) is -7.67. The third-order valence-electron chi connectivity index (χ3n) is 8.81. The fourth-order valence-electron chi connectivity index (χ4n) is 5.73. The van der Waals surface area contributed by atoms with Crippen LogP contribution in [0.4, 0.5) is 0 Å². The molecule has 2 rings (SSSR count). The zero-order chi connectivity index (χ0) is 42.1. The van der Waals surface area contributed by atoms with Crippen LogP contribution in [0.2, 0.25) is 0 Å². The maximum absolute atomic E-state index is 13.9. The number of amides is 7. The molecule has 0 unspecified atom stereocenters. The number of fused-ring (bicyclic) bond motifs is 1. The minimum absolute atomic E-state index is 0.0321. The van der Waals surface area contributed by atoms with Crippen LogP contribution in [0.5, 0.6) is 0 Å². The van der Waals surface area contributed by atoms with Crippen molar-refractivity contribution in [2.75, 3.05) is 13.2 Å². The molecule has 19 nitrogen and oxygen atoms in total. The van der Waals surface area contributed by atoms with E-state index in [-0.39, 0.29) is 18.8 Å². The number of aliphatic carboxylic acids is 1. The van der Waals surface area contributed by atoms with Crippen LogP contribution in [0, 0.1) is 11.8 Å². The first-order valence-electron chi connectivity index (χ1n) is 18.6. The van der Waals surface area contributed by atoms with Crippen molar-refractivity contribution in [3.05, 3.63) is 36.0 Å². The molecule has 6 atom stereocenters. The molecule has 0 aliphatic rings. The molecule has 1 aromatic heterocycles. The summed E-state index contributed by atoms with van der Waals surface area (Å²) in [6.07, 6.45) is 2.61. The van der Waals surface area contributed by atoms with E-state index >= 15 is 0 Å². The predicted molar refractivity (Wildman–Crippen MR) is 205 cm³/mol. The van der Waals surface area contributed by atoms with Crippen molar-refractivity contribution in [1.29, 1.82) is 0 Å². The molecule has 0 radical (unpaired) electrons. The molecule has 0 aliphatic carbocycles. The lowest BCUT2D eigenvalue weighted by atomic mass is 10.00. The minimum atomic E-state index is -1.68. The largest absolute Gasteiger partial charge is 0.481 e. The molecule has 7 amide bonds. The Bertz CT molecular complexity index is 1700. The number of H-pyrrole nitrogens is 1. The molecule has 0 fully saturated rings. The van der Waals surface area contributed by atoms with Crippen LogP contribution in [0.1, 0.15) is 72.3 Å². The molecule has 0 bridgehead atoms. The van der Waals surface area contributed by atoms with Crippen LogP contribution in [0.3, 0.4) is 0 Å². The number of carboxylic acid groups (broad SMARTS) is 1. The zero-order valence-electron chi connectivity index (χ0n) is 32.5. The van der Waals surface area contributed by atoms with Crippen molar-refractivity contribution in [2.24, 2.45) is 23.3 Å². The summed E-state index contributed by atoms with van der Waals surface area (Å²) in [6.45, 7) is 7.54. The van der Waals surface area contributed by atoms with Gasteiger partial charge in [-0.05, 0) is 36.3 Å². The SMILES string of the molecule is CCCC[C@H](NC(=O)[C@H](CC(C)C)NC(=O)CNC(=O)[C@@H](NC(=O)[C@H](Cc1c[nH]c2ccccc12)NC(=O)[C@H](CC(=O)O)NC(=O)[C@@H](N)CO)C(C)C)C(N)=O. The number of unbranched alkanes of at least 4 members (excludes halogenated alkanes) is 1. The topological polar surface area (TPSA) is 317 Å². The summed E-state index contributed by atoms with van der Waals surface area (Å²) < 4.78 is 0. The number of carbonyl (C=O) groups excluding carboxylic acids is 7. The highest BCUT2D eigenvalue weighted by Gasteiger charge is 2.33. The molecular weight excluding hydrogens is 730 g/mol. The average molecular weight is 788 g/mol. The van der Waals surface area contributed by atoms with Gasteiger partial charge in [0.1, 0.15) is 36.3 Å². The van der Waals surface area contributed by atoms with E-state index in [4.69, 9.17) is 11.5 Å². The second kappa shape index (κ2) is 22.7. The van der Waals surface area contributed by atoms with Crippen LogP contribution >= 0.6 is 0 Å². The van der Waals surface area contributed by atoms with E-state index in [2.05, 4.69) is 36.9 Å². The standard InChI is InChI=1S/C37H57N9O10/c1-6-7-11-25(32(39)51)43-34(53)26(13-19(2)3)42-29(48)17-41-37(56)31(20(4)5)46-36(55)27(14-21-16-40-24-12-9-8-10-22(21)24)45-35(54)28(15-30(49)50)44-33(52)23(38)18-47/h8-10,12,16,19-20,23,25-28,31,40,47H,6-7,11,13-15,17-18,38H2,1-5H3,(H2,39,51)(H,41,56)(H,42,48)(H,43,53)(H,44,52)(H,45,54)(H,46,55)(H,49,50)/t23-,25-,26-,27-,28-,31-/m0/s1. The Morgan fingerprint density at radius 1 is 0.786 bits per heavy atom. The molecule has 56 heavy (non-hydrogen) atoms. The maximum atomic E-state index is 13.9. The number of carbonyl (C=O) groups is 8. The normalized spacial score (nSPS) is 14.4. The Morgan fingerprint density at radius 2 is 1.39 bits per heavy atom. The van der Waals surface area contributed by atoms with Crippen molar-refractivity contribution in [3.8, 4) is 0 Å². The van der Waals surface area contributed by atoms with Gasteiger partial charge in [-0.3, -0.25) is 38.4 Å². The molecule has 2 aromatic rings. The monoisotopic (exact) mass is 787 g/mol. The molecule has 1 heterocycles. The summed E-state index contributed by atoms with van der Waals surface area (Å²) >= 11 is 0. The summed E-state index contributed by atoms with van der Waals surface area (Å²) in [5.41, 5.74) is 12.3. The molecule has 310 valence electrons. The van der Waals surface area contributed by atoms with Gasteiger partial charge < -0.3 is 58.6 Å². The van der Waals surface area contributed by atoms with Gasteiger partial charge in [0.05, 0.1) is 19.6 Å². The fourth-order valence-corrected chi connectivity index (χ4v) is 5.73. The lowest BCUT2D eigenvalue weighted by Crippen LogP contribution is -2.60. The number of primary amides is 1. The molecule has 0 aliphatic heterocycles. The van der Waals surface area contributed by atoms with Crippen LogP contribution in [0.25, 0.3) is 10.9 Å². The number of aliphatic hydroxyl groups is 1. The number of nitrogens with two attached hydrogens (primary N) is 2.